The molecule has 2 atom stereocenters. The molecule has 0 aliphatic carbocycles. The van der Waals surface area contributed by atoms with Crippen molar-refractivity contribution in [2.45, 2.75) is 39.7 Å². The number of nitrogens with one attached hydrogen (secondary N) is 1. The lowest BCUT2D eigenvalue weighted by Gasteiger charge is -2.35. The van der Waals surface area contributed by atoms with Crippen LogP contribution in [0.4, 0.5) is 10.1 Å². The van der Waals surface area contributed by atoms with E-state index < -0.39 is 11.7 Å². The van der Waals surface area contributed by atoms with Crippen molar-refractivity contribution in [2.24, 2.45) is 11.7 Å². The van der Waals surface area contributed by atoms with Crippen molar-refractivity contribution in [3.05, 3.63) is 28.7 Å². The molecule has 2 aliphatic heterocycles. The Morgan fingerprint density at radius 2 is 2.07 bits per heavy atom. The van der Waals surface area contributed by atoms with Crippen LogP contribution in [0.15, 0.2) is 6.07 Å². The molecule has 0 unspecified atom stereocenters. The molecule has 0 bridgehead atoms. The van der Waals surface area contributed by atoms with Gasteiger partial charge in [0.05, 0.1) is 22.8 Å². The van der Waals surface area contributed by atoms with Gasteiger partial charge in [-0.25, -0.2) is 4.39 Å². The molecule has 29 heavy (non-hydrogen) atoms. The second kappa shape index (κ2) is 7.11. The number of fused-ring (bicyclic) bond motifs is 2. The predicted molar refractivity (Wildman–Crippen MR) is 110 cm³/mol. The number of primary amides is 1. The summed E-state index contributed by atoms with van der Waals surface area (Å²) in [6.07, 6.45) is 1.92. The number of nitrogens with two attached hydrogens (primary N) is 1. The normalized spacial score (nSPS) is 21.1. The predicted octanol–water partition coefficient (Wildman–Crippen LogP) is 2.47. The number of halogens is 1. The van der Waals surface area contributed by atoms with Crippen LogP contribution >= 0.6 is 0 Å². The minimum Gasteiger partial charge on any atom is -0.366 e. The van der Waals surface area contributed by atoms with Gasteiger partial charge in [-0.2, -0.15) is 0 Å². The van der Waals surface area contributed by atoms with Gasteiger partial charge in [0.1, 0.15) is 5.82 Å². The molecule has 0 radical (unpaired) electrons. The summed E-state index contributed by atoms with van der Waals surface area (Å²) < 4.78 is 15.3. The summed E-state index contributed by atoms with van der Waals surface area (Å²) >= 11 is 0. The summed E-state index contributed by atoms with van der Waals surface area (Å²) in [5.74, 6) is 4.32. The van der Waals surface area contributed by atoms with E-state index in [1.165, 1.54) is 6.07 Å². The molecule has 4 rings (SSSR count). The highest BCUT2D eigenvalue weighted by Gasteiger charge is 2.42. The average Bonchev–Trinajstić information content (AvgIpc) is 3.23. The van der Waals surface area contributed by atoms with Crippen LogP contribution < -0.4 is 10.6 Å². The van der Waals surface area contributed by atoms with Crippen molar-refractivity contribution in [3.63, 3.8) is 0 Å². The van der Waals surface area contributed by atoms with E-state index in [9.17, 15) is 9.59 Å². The summed E-state index contributed by atoms with van der Waals surface area (Å²) in [6.45, 7) is 7.37. The number of H-pyrrole nitrogens is 1. The molecule has 2 amide bonds. The molecule has 2 aliphatic rings. The molecule has 2 fully saturated rings. The third kappa shape index (κ3) is 3.03. The molecule has 1 aromatic carbocycles. The van der Waals surface area contributed by atoms with Crippen LogP contribution in [0, 0.1) is 37.4 Å². The summed E-state index contributed by atoms with van der Waals surface area (Å²) in [4.78, 5) is 31.4. The van der Waals surface area contributed by atoms with E-state index in [0.29, 0.717) is 36.2 Å². The van der Waals surface area contributed by atoms with Crippen molar-refractivity contribution in [2.75, 3.05) is 24.5 Å². The number of benzene rings is 1. The van der Waals surface area contributed by atoms with Gasteiger partial charge in [0.25, 0.3) is 11.8 Å². The lowest BCUT2D eigenvalue weighted by atomic mass is 9.92. The van der Waals surface area contributed by atoms with E-state index >= 15 is 4.39 Å². The average molecular weight is 396 g/mol. The number of nitrogens with zero attached hydrogens (tertiary/aromatic N) is 2. The molecule has 6 nitrogen and oxygen atoms in total. The Kier molecular flexibility index (Phi) is 4.73. The number of rotatable bonds is 2. The molecule has 1 aromatic heterocycles. The van der Waals surface area contributed by atoms with E-state index in [1.54, 1.807) is 6.92 Å². The summed E-state index contributed by atoms with van der Waals surface area (Å²) in [5, 5.41) is 0.696. The SMILES string of the molecule is CC#CC(=O)N1CCC[C@@H]2CN(c3c(F)cc(C(N)=O)c4[nH]c(C)c(C)c34)C[C@@H]21. The van der Waals surface area contributed by atoms with Gasteiger partial charge >= 0.3 is 0 Å². The first-order valence-electron chi connectivity index (χ1n) is 9.93. The molecule has 3 N–H and O–H groups in total. The van der Waals surface area contributed by atoms with Gasteiger partial charge in [-0.3, -0.25) is 9.59 Å². The monoisotopic (exact) mass is 396 g/mol. The fourth-order valence-electron chi connectivity index (χ4n) is 4.90. The highest BCUT2D eigenvalue weighted by Crippen LogP contribution is 2.40. The van der Waals surface area contributed by atoms with Crippen molar-refractivity contribution < 1.29 is 14.0 Å². The zero-order chi connectivity index (χ0) is 20.9. The largest absolute Gasteiger partial charge is 0.366 e. The number of likely N-dealkylation sites (tertiary alicyclic amines) is 1. The van der Waals surface area contributed by atoms with Crippen LogP contribution in [-0.4, -0.2) is 47.4 Å². The molecule has 2 saturated heterocycles. The summed E-state index contributed by atoms with van der Waals surface area (Å²) in [6, 6.07) is 1.24. The standard InChI is InChI=1S/C22H25FN4O2/c1-4-6-18(28)27-8-5-7-14-10-26(11-17(14)27)21-16(23)9-15(22(24)29)20-19(21)12(2)13(3)25-20/h9,14,17,25H,5,7-8,10-11H2,1-3H3,(H2,24,29)/t14-,17+/m1/s1. The minimum absolute atomic E-state index is 0.0164. The van der Waals surface area contributed by atoms with Crippen LogP contribution in [-0.2, 0) is 4.79 Å². The second-order valence-corrected chi connectivity index (χ2v) is 7.99. The topological polar surface area (TPSA) is 82.4 Å². The van der Waals surface area contributed by atoms with E-state index in [0.717, 1.165) is 24.1 Å². The van der Waals surface area contributed by atoms with Gasteiger partial charge in [0, 0.05) is 30.7 Å². The number of amides is 2. The Balaban J connectivity index is 1.79. The highest BCUT2D eigenvalue weighted by atomic mass is 19.1. The summed E-state index contributed by atoms with van der Waals surface area (Å²) in [7, 11) is 0. The Hall–Kier alpha value is -3.01. The maximum atomic E-state index is 15.3. The number of anilines is 1. The number of aromatic nitrogens is 1. The van der Waals surface area contributed by atoms with E-state index in [-0.39, 0.29) is 23.4 Å². The molecule has 2 aromatic rings. The number of carbonyl (C=O) groups excluding carboxylic acids is 2. The van der Waals surface area contributed by atoms with Crippen molar-refractivity contribution in [1.82, 2.24) is 9.88 Å². The first-order chi connectivity index (χ1) is 13.8. The zero-order valence-electron chi connectivity index (χ0n) is 16.9. The Morgan fingerprint density at radius 1 is 1.31 bits per heavy atom. The first-order valence-corrected chi connectivity index (χ1v) is 9.93. The number of aryl methyl sites for hydroxylation is 2. The quantitative estimate of drug-likeness (QED) is 0.765. The maximum absolute atomic E-state index is 15.3. The molecule has 152 valence electrons. The van der Waals surface area contributed by atoms with Crippen LogP contribution in [0.1, 0.15) is 41.4 Å². The van der Waals surface area contributed by atoms with E-state index in [4.69, 9.17) is 5.73 Å². The lowest BCUT2D eigenvalue weighted by molar-refractivity contribution is -0.129. The Bertz CT molecular complexity index is 1080. The minimum atomic E-state index is -0.660. The first kappa shape index (κ1) is 19.3. The molecule has 0 saturated carbocycles. The highest BCUT2D eigenvalue weighted by molar-refractivity contribution is 6.10. The van der Waals surface area contributed by atoms with Gasteiger partial charge in [-0.1, -0.05) is 5.92 Å². The lowest BCUT2D eigenvalue weighted by Crippen LogP contribution is -2.48. The maximum Gasteiger partial charge on any atom is 0.298 e. The summed E-state index contributed by atoms with van der Waals surface area (Å²) in [5.41, 5.74) is 8.48. The fourth-order valence-corrected chi connectivity index (χ4v) is 4.90. The van der Waals surface area contributed by atoms with Gasteiger partial charge in [0.2, 0.25) is 0 Å². The van der Waals surface area contributed by atoms with Gasteiger partial charge in [-0.05, 0) is 57.1 Å². The number of carbonyl (C=O) groups is 2. The second-order valence-electron chi connectivity index (χ2n) is 7.99. The Morgan fingerprint density at radius 3 is 2.76 bits per heavy atom. The number of piperidine rings is 1. The number of hydrogen-bond acceptors (Lipinski definition) is 3. The third-order valence-corrected chi connectivity index (χ3v) is 6.36. The van der Waals surface area contributed by atoms with E-state index in [1.807, 2.05) is 23.6 Å². The Labute approximate surface area is 169 Å². The molecular formula is C22H25FN4O2. The molecular weight excluding hydrogens is 371 g/mol. The van der Waals surface area contributed by atoms with Gasteiger partial charge in [0.15, 0.2) is 0 Å². The van der Waals surface area contributed by atoms with Crippen LogP contribution in [0.5, 0.6) is 0 Å². The molecule has 0 spiro atoms. The third-order valence-electron chi connectivity index (χ3n) is 6.36. The van der Waals surface area contributed by atoms with E-state index in [2.05, 4.69) is 16.8 Å². The van der Waals surface area contributed by atoms with Crippen molar-refractivity contribution >= 4 is 28.4 Å². The number of hydrogen-bond donors (Lipinski definition) is 2. The van der Waals surface area contributed by atoms with Gasteiger partial charge < -0.3 is 20.5 Å². The fraction of sp³-hybridized carbons (Fsp3) is 0.455. The van der Waals surface area contributed by atoms with Crippen molar-refractivity contribution in [1.29, 1.82) is 0 Å². The zero-order valence-corrected chi connectivity index (χ0v) is 16.9. The smallest absolute Gasteiger partial charge is 0.298 e. The van der Waals surface area contributed by atoms with Gasteiger partial charge in [-0.15, -0.1) is 0 Å². The van der Waals surface area contributed by atoms with Crippen molar-refractivity contribution in [3.8, 4) is 11.8 Å². The molecule has 3 heterocycles. The van der Waals surface area contributed by atoms with Crippen LogP contribution in [0.25, 0.3) is 10.9 Å². The van der Waals surface area contributed by atoms with Crippen LogP contribution in [0.3, 0.4) is 0 Å². The van der Waals surface area contributed by atoms with Crippen LogP contribution in [0.2, 0.25) is 0 Å². The molecule has 7 heteroatoms. The number of aromatic amines is 1.